The number of hydrogen-bond acceptors (Lipinski definition) is 8. The molecule has 1 fully saturated rings. The highest BCUT2D eigenvalue weighted by molar-refractivity contribution is 6.06. The zero-order chi connectivity index (χ0) is 23.1. The van der Waals surface area contributed by atoms with Crippen molar-refractivity contribution >= 4 is 35.3 Å². The first-order valence-electron chi connectivity index (χ1n) is 11.0. The third-order valence-electron chi connectivity index (χ3n) is 5.82. The normalized spacial score (nSPS) is 20.7. The highest BCUT2D eigenvalue weighted by Gasteiger charge is 2.43. The fourth-order valence-corrected chi connectivity index (χ4v) is 4.55. The van der Waals surface area contributed by atoms with E-state index in [1.807, 2.05) is 23.1 Å². The minimum absolute atomic E-state index is 0.0863. The largest absolute Gasteiger partial charge is 0.444 e. The van der Waals surface area contributed by atoms with Crippen molar-refractivity contribution in [3.8, 4) is 0 Å². The van der Waals surface area contributed by atoms with E-state index in [1.54, 1.807) is 20.8 Å². The molecule has 0 atom stereocenters. The van der Waals surface area contributed by atoms with E-state index in [1.165, 1.54) is 4.90 Å². The van der Waals surface area contributed by atoms with Gasteiger partial charge in [0, 0.05) is 11.4 Å². The number of fused-ring (bicyclic) bond motifs is 1. The molecule has 2 heterocycles. The van der Waals surface area contributed by atoms with Gasteiger partial charge in [-0.05, 0) is 70.2 Å². The number of benzene rings is 1. The molecule has 10 heteroatoms. The molecule has 2 amide bonds. The minimum atomic E-state index is -0.658. The van der Waals surface area contributed by atoms with Crippen molar-refractivity contribution in [2.75, 3.05) is 16.8 Å². The van der Waals surface area contributed by atoms with E-state index in [0.29, 0.717) is 11.6 Å². The van der Waals surface area contributed by atoms with Gasteiger partial charge in [-0.3, -0.25) is 14.6 Å². The average molecular weight is 442 g/mol. The van der Waals surface area contributed by atoms with Gasteiger partial charge in [-0.15, -0.1) is 0 Å². The summed E-state index contributed by atoms with van der Waals surface area (Å²) in [6.07, 6.45) is 4.29. The summed E-state index contributed by atoms with van der Waals surface area (Å²) in [5.74, 6) is 0.210. The zero-order valence-corrected chi connectivity index (χ0v) is 18.9. The fraction of sp³-hybridized carbons (Fsp3) is 0.545. The Morgan fingerprint density at radius 1 is 1.16 bits per heavy atom. The van der Waals surface area contributed by atoms with E-state index < -0.39 is 17.4 Å². The molecule has 32 heavy (non-hydrogen) atoms. The Morgan fingerprint density at radius 3 is 2.56 bits per heavy atom. The number of rotatable bonds is 1. The molecule has 0 unspecified atom stereocenters. The third kappa shape index (κ3) is 4.35. The molecular formula is C22H31N7O3. The Hall–Kier alpha value is -3.30. The molecule has 4 rings (SSSR count). The van der Waals surface area contributed by atoms with Crippen molar-refractivity contribution < 1.29 is 14.3 Å². The van der Waals surface area contributed by atoms with Crippen LogP contribution in [0, 0.1) is 0 Å². The lowest BCUT2D eigenvalue weighted by Crippen LogP contribution is -2.58. The van der Waals surface area contributed by atoms with Gasteiger partial charge in [-0.25, -0.2) is 9.79 Å². The fourth-order valence-electron chi connectivity index (χ4n) is 4.55. The SMILES string of the molecule is CC(C)(C)OC(=O)N1CC(=O)Nc2ccc(N3C(N)=NC(N)=NC34CCCCC4)cc2C1. The highest BCUT2D eigenvalue weighted by atomic mass is 16.6. The number of carbonyl (C=O) groups excluding carboxylic acids is 2. The number of nitrogens with one attached hydrogen (secondary N) is 1. The van der Waals surface area contributed by atoms with Crippen LogP contribution in [0.4, 0.5) is 16.2 Å². The van der Waals surface area contributed by atoms with Crippen LogP contribution in [0.3, 0.4) is 0 Å². The van der Waals surface area contributed by atoms with Gasteiger partial charge in [0.1, 0.15) is 17.8 Å². The summed E-state index contributed by atoms with van der Waals surface area (Å²) in [7, 11) is 0. The maximum atomic E-state index is 12.7. The second kappa shape index (κ2) is 7.99. The van der Waals surface area contributed by atoms with Crippen LogP contribution >= 0.6 is 0 Å². The molecule has 0 radical (unpaired) electrons. The number of anilines is 2. The predicted molar refractivity (Wildman–Crippen MR) is 123 cm³/mol. The number of nitrogens with zero attached hydrogens (tertiary/aromatic N) is 4. The van der Waals surface area contributed by atoms with Crippen molar-refractivity contribution in [1.29, 1.82) is 0 Å². The van der Waals surface area contributed by atoms with E-state index in [-0.39, 0.29) is 25.0 Å². The molecule has 1 aliphatic carbocycles. The molecule has 5 N–H and O–H groups in total. The van der Waals surface area contributed by atoms with Gasteiger partial charge < -0.3 is 21.5 Å². The van der Waals surface area contributed by atoms with Crippen LogP contribution in [0.15, 0.2) is 28.2 Å². The smallest absolute Gasteiger partial charge is 0.411 e. The highest BCUT2D eigenvalue weighted by Crippen LogP contribution is 2.40. The van der Waals surface area contributed by atoms with E-state index in [0.717, 1.165) is 43.4 Å². The van der Waals surface area contributed by atoms with Gasteiger partial charge >= 0.3 is 6.09 Å². The number of hydrogen-bond donors (Lipinski definition) is 3. The van der Waals surface area contributed by atoms with Gasteiger partial charge in [-0.1, -0.05) is 6.42 Å². The molecule has 1 aromatic carbocycles. The summed E-state index contributed by atoms with van der Waals surface area (Å²) in [6.45, 7) is 5.52. The van der Waals surface area contributed by atoms with E-state index in [4.69, 9.17) is 21.2 Å². The summed E-state index contributed by atoms with van der Waals surface area (Å²) in [5.41, 5.74) is 13.3. The van der Waals surface area contributed by atoms with Gasteiger partial charge in [0.15, 0.2) is 0 Å². The monoisotopic (exact) mass is 441 g/mol. The molecule has 10 nitrogen and oxygen atoms in total. The average Bonchev–Trinajstić information content (AvgIpc) is 2.84. The number of amides is 2. The number of guanidine groups is 2. The first-order chi connectivity index (χ1) is 15.1. The summed E-state index contributed by atoms with van der Waals surface area (Å²) in [6, 6.07) is 5.64. The lowest BCUT2D eigenvalue weighted by Gasteiger charge is -2.45. The van der Waals surface area contributed by atoms with Crippen molar-refractivity contribution in [2.24, 2.45) is 21.5 Å². The van der Waals surface area contributed by atoms with E-state index in [9.17, 15) is 9.59 Å². The van der Waals surface area contributed by atoms with Gasteiger partial charge in [-0.2, -0.15) is 4.99 Å². The van der Waals surface area contributed by atoms with Crippen LogP contribution in [0.5, 0.6) is 0 Å². The van der Waals surface area contributed by atoms with Gasteiger partial charge in [0.25, 0.3) is 0 Å². The third-order valence-corrected chi connectivity index (χ3v) is 5.82. The lowest BCUT2D eigenvalue weighted by molar-refractivity contribution is -0.117. The van der Waals surface area contributed by atoms with Gasteiger partial charge in [0.2, 0.25) is 17.8 Å². The first kappa shape index (κ1) is 21.9. The molecule has 2 aliphatic heterocycles. The second-order valence-corrected chi connectivity index (χ2v) is 9.54. The molecule has 3 aliphatic rings. The molecule has 0 aromatic heterocycles. The zero-order valence-electron chi connectivity index (χ0n) is 18.9. The number of ether oxygens (including phenoxy) is 1. The molecule has 1 aromatic rings. The minimum Gasteiger partial charge on any atom is -0.444 e. The predicted octanol–water partition coefficient (Wildman–Crippen LogP) is 2.49. The van der Waals surface area contributed by atoms with Crippen LogP contribution in [0.25, 0.3) is 0 Å². The summed E-state index contributed by atoms with van der Waals surface area (Å²) < 4.78 is 5.49. The quantitative estimate of drug-likeness (QED) is 0.612. The Morgan fingerprint density at radius 2 is 1.88 bits per heavy atom. The van der Waals surface area contributed by atoms with Crippen LogP contribution < -0.4 is 21.7 Å². The Labute approximate surface area is 187 Å². The Bertz CT molecular complexity index is 990. The number of carbonyl (C=O) groups is 2. The van der Waals surface area contributed by atoms with Crippen LogP contribution in [-0.2, 0) is 16.1 Å². The van der Waals surface area contributed by atoms with Crippen molar-refractivity contribution in [2.45, 2.75) is 70.7 Å². The summed E-state index contributed by atoms with van der Waals surface area (Å²) in [5, 5.41) is 2.87. The second-order valence-electron chi connectivity index (χ2n) is 9.54. The first-order valence-corrected chi connectivity index (χ1v) is 11.0. The summed E-state index contributed by atoms with van der Waals surface area (Å²) >= 11 is 0. The maximum Gasteiger partial charge on any atom is 0.411 e. The van der Waals surface area contributed by atoms with Crippen LogP contribution in [0.2, 0.25) is 0 Å². The van der Waals surface area contributed by atoms with Crippen LogP contribution in [-0.4, -0.2) is 46.6 Å². The van der Waals surface area contributed by atoms with Crippen LogP contribution in [0.1, 0.15) is 58.4 Å². The summed E-state index contributed by atoms with van der Waals surface area (Å²) in [4.78, 5) is 37.3. The van der Waals surface area contributed by atoms with E-state index in [2.05, 4.69) is 10.3 Å². The topological polar surface area (TPSA) is 139 Å². The van der Waals surface area contributed by atoms with Crippen molar-refractivity contribution in [1.82, 2.24) is 4.90 Å². The number of nitrogens with two attached hydrogens (primary N) is 2. The molecule has 1 spiro atoms. The van der Waals surface area contributed by atoms with E-state index >= 15 is 0 Å². The molecule has 1 saturated carbocycles. The van der Waals surface area contributed by atoms with Gasteiger partial charge in [0.05, 0.1) is 6.54 Å². The molecular weight excluding hydrogens is 410 g/mol. The molecule has 0 bridgehead atoms. The van der Waals surface area contributed by atoms with Crippen molar-refractivity contribution in [3.63, 3.8) is 0 Å². The maximum absolute atomic E-state index is 12.7. The number of aliphatic imine (C=N–C) groups is 2. The molecule has 172 valence electrons. The molecule has 0 saturated heterocycles. The Balaban J connectivity index is 1.69. The Kier molecular flexibility index (Phi) is 5.47. The van der Waals surface area contributed by atoms with Crippen molar-refractivity contribution in [3.05, 3.63) is 23.8 Å². The lowest BCUT2D eigenvalue weighted by atomic mass is 9.87. The standard InChI is InChI=1S/C22H31N7O3/c1-21(2,3)32-20(31)28-12-14-11-15(7-8-16(14)25-17(30)13-28)29-19(24)26-18(23)27-22(29)9-5-4-6-10-22/h7-8,11H,4-6,9-10,12-13H2,1-3H3,(H,25,30)(H4,23,24,26,27).